The number of hydrogen-bond acceptors (Lipinski definition) is 14. The molecule has 14 nitrogen and oxygen atoms in total. The third-order valence-electron chi connectivity index (χ3n) is 17.7. The Balaban J connectivity index is 0.000000533. The number of ketones is 2. The Morgan fingerprint density at radius 3 is 1.85 bits per heavy atom. The molecule has 78 heavy (non-hydrogen) atoms. The lowest BCUT2D eigenvalue weighted by atomic mass is 9.74. The van der Waals surface area contributed by atoms with Crippen LogP contribution in [0.5, 0.6) is 0 Å². The number of hydrogen-bond donors (Lipinski definition) is 4. The van der Waals surface area contributed by atoms with Crippen molar-refractivity contribution < 1.29 is 68.0 Å². The van der Waals surface area contributed by atoms with Gasteiger partial charge in [-0.05, 0) is 172 Å². The molecule has 0 spiro atoms. The number of cyclic esters (lactones) is 1. The van der Waals surface area contributed by atoms with E-state index in [0.29, 0.717) is 56.8 Å². The van der Waals surface area contributed by atoms with Crippen LogP contribution in [0.2, 0.25) is 0 Å². The topological polar surface area (TPSA) is 197 Å². The quantitative estimate of drug-likeness (QED) is 0.0557. The Morgan fingerprint density at radius 1 is 0.756 bits per heavy atom. The van der Waals surface area contributed by atoms with Crippen molar-refractivity contribution in [1.82, 2.24) is 0 Å². The third kappa shape index (κ3) is 21.3. The van der Waals surface area contributed by atoms with Crippen LogP contribution in [0.15, 0.2) is 23.3 Å². The number of ether oxygens (including phenoxy) is 7. The number of esters is 1. The summed E-state index contributed by atoms with van der Waals surface area (Å²) in [7, 11) is 3.29. The second kappa shape index (κ2) is 32.1. The smallest absolute Gasteiger partial charge is 0.311 e. The van der Waals surface area contributed by atoms with E-state index < -0.39 is 77.2 Å². The van der Waals surface area contributed by atoms with Crippen molar-refractivity contribution in [2.24, 2.45) is 58.2 Å². The van der Waals surface area contributed by atoms with Gasteiger partial charge in [-0.2, -0.15) is 0 Å². The van der Waals surface area contributed by atoms with Crippen LogP contribution < -0.4 is 0 Å². The summed E-state index contributed by atoms with van der Waals surface area (Å²) in [4.78, 5) is 41.1. The second-order valence-corrected chi connectivity index (χ2v) is 26.6. The average molecular weight is 1110 g/mol. The summed E-state index contributed by atoms with van der Waals surface area (Å²) in [5, 5.41) is 42.9. The summed E-state index contributed by atoms with van der Waals surface area (Å²) in [6, 6.07) is 0. The minimum atomic E-state index is -1.05. The van der Waals surface area contributed by atoms with Gasteiger partial charge < -0.3 is 53.6 Å². The predicted molar refractivity (Wildman–Crippen MR) is 309 cm³/mol. The molecule has 0 saturated carbocycles. The largest absolute Gasteiger partial charge is 0.458 e. The maximum Gasteiger partial charge on any atom is 0.311 e. The van der Waals surface area contributed by atoms with Crippen molar-refractivity contribution >= 4 is 17.5 Å². The number of aliphatic hydroxyl groups is 4. The van der Waals surface area contributed by atoms with Crippen LogP contribution in [0.4, 0.5) is 0 Å². The minimum absolute atomic E-state index is 0.00405. The Hall–Kier alpha value is -2.11. The van der Waals surface area contributed by atoms with Gasteiger partial charge in [-0.1, -0.05) is 102 Å². The van der Waals surface area contributed by atoms with Crippen LogP contribution in [-0.4, -0.2) is 131 Å². The number of rotatable bonds is 23. The molecular formula is C64H116O14. The first kappa shape index (κ1) is 72.0. The Bertz CT molecular complexity index is 1860. The van der Waals surface area contributed by atoms with Crippen LogP contribution in [-0.2, 0) is 47.5 Å². The van der Waals surface area contributed by atoms with Crippen molar-refractivity contribution in [3.63, 3.8) is 0 Å². The van der Waals surface area contributed by atoms with Gasteiger partial charge >= 0.3 is 5.97 Å². The van der Waals surface area contributed by atoms with Gasteiger partial charge in [-0.25, -0.2) is 0 Å². The van der Waals surface area contributed by atoms with E-state index in [9.17, 15) is 34.8 Å². The van der Waals surface area contributed by atoms with Crippen molar-refractivity contribution in [3.8, 4) is 0 Å². The van der Waals surface area contributed by atoms with Crippen molar-refractivity contribution in [2.45, 2.75) is 288 Å². The molecule has 0 bridgehead atoms. The molecule has 3 aliphatic heterocycles. The Labute approximate surface area is 474 Å². The Kier molecular flexibility index (Phi) is 29.6. The molecule has 0 aliphatic carbocycles. The molecule has 3 rings (SSSR count). The molecule has 456 valence electrons. The number of allylic oxidation sites excluding steroid dienone is 2. The van der Waals surface area contributed by atoms with Gasteiger partial charge in [0, 0.05) is 26.7 Å². The maximum absolute atomic E-state index is 13.9. The lowest BCUT2D eigenvalue weighted by molar-refractivity contribution is -0.163. The van der Waals surface area contributed by atoms with Crippen LogP contribution in [0.25, 0.3) is 0 Å². The van der Waals surface area contributed by atoms with Crippen LogP contribution in [0, 0.1) is 58.2 Å². The first-order valence-electron chi connectivity index (χ1n) is 30.2. The first-order chi connectivity index (χ1) is 36.1. The molecule has 5 unspecified atom stereocenters. The lowest BCUT2D eigenvalue weighted by Gasteiger charge is -2.35. The number of methoxy groups -OCH3 is 2. The number of carbonyl (C=O) groups excluding carboxylic acids is 3. The summed E-state index contributed by atoms with van der Waals surface area (Å²) in [6.07, 6.45) is 7.38. The van der Waals surface area contributed by atoms with Gasteiger partial charge in [0.1, 0.15) is 18.3 Å². The van der Waals surface area contributed by atoms with Gasteiger partial charge in [-0.15, -0.1) is 0 Å². The first-order valence-corrected chi connectivity index (χ1v) is 30.2. The molecule has 3 fully saturated rings. The zero-order valence-electron chi connectivity index (χ0n) is 53.1. The predicted octanol–water partition coefficient (Wildman–Crippen LogP) is 11.9. The molecule has 3 saturated heterocycles. The van der Waals surface area contributed by atoms with Gasteiger partial charge in [-0.3, -0.25) is 14.4 Å². The van der Waals surface area contributed by atoms with Crippen LogP contribution >= 0.6 is 0 Å². The molecule has 3 heterocycles. The van der Waals surface area contributed by atoms with E-state index in [1.165, 1.54) is 0 Å². The minimum Gasteiger partial charge on any atom is -0.458 e. The summed E-state index contributed by atoms with van der Waals surface area (Å²) >= 11 is 0. The zero-order valence-corrected chi connectivity index (χ0v) is 53.1. The molecule has 0 aromatic carbocycles. The summed E-state index contributed by atoms with van der Waals surface area (Å²) in [5.74, 6) is -1.64. The van der Waals surface area contributed by atoms with Crippen molar-refractivity contribution in [2.75, 3.05) is 20.8 Å². The fraction of sp³-hybridized carbons (Fsp3) is 0.891. The molecule has 0 amide bonds. The highest BCUT2D eigenvalue weighted by molar-refractivity contribution is 5.90. The normalized spacial score (nSPS) is 30.9. The lowest BCUT2D eigenvalue weighted by Crippen LogP contribution is -2.47. The van der Waals surface area contributed by atoms with Gasteiger partial charge in [0.25, 0.3) is 0 Å². The molecule has 3 aliphatic rings. The molecule has 0 aromatic rings. The highest BCUT2D eigenvalue weighted by atomic mass is 16.8. The van der Waals surface area contributed by atoms with E-state index in [1.54, 1.807) is 41.9 Å². The number of carbonyl (C=O) groups is 3. The van der Waals surface area contributed by atoms with E-state index in [-0.39, 0.29) is 65.9 Å². The van der Waals surface area contributed by atoms with Gasteiger partial charge in [0.2, 0.25) is 0 Å². The SMILES string of the molecule is CCC(/C=C(/C)[C@@H](O)C[C@@H](C)CC(O)C(C)(C)C(=O)[C@@H]1OC(C)(C)O[C@@H]1C[C@@H](C)C[C@@H](OC)C(C)CO)CC.CCC(/C=C(/C)[C@@H]1C[C@@H](C)CC(O)C(C)(C)C(=O)[C@@H]2OC(C)(C)O[C@@H]2C[C@@H](C)CC(OC)C(C)C(=O)O1)CC. The Morgan fingerprint density at radius 2 is 1.31 bits per heavy atom. The number of Topliss-reactive ketones (excluding diaryl/α,β-unsaturated/α-hetero) is 2. The standard InChI is InChI=1S/C32H56O7.C32H60O7/c1-12-23(13-2)18-21(5)24-14-20(4)17-27(33)31(7,8)29(34)28-26(38-32(9,10)39-28)16-19(3)15-25(36-11)22(6)30(35)37-24;1-12-24(13-2)18-22(5)25(34)14-20(3)17-28(35)31(7,8)30(36)29-27(38-32(9,10)39-29)16-21(4)15-26(37-11)23(6)19-33/h18-20,22-28,33H,12-17H2,1-11H3;18,20-21,23-29,33-35H,12-17,19H2,1-11H3/b21-18-;22-18-/t19-,20+,22?,24-,25?,26+,27?,28+;20-,21+,23?,25+,26-,27-,28?,29-/m01/s1. The van der Waals surface area contributed by atoms with E-state index in [0.717, 1.165) is 43.3 Å². The van der Waals surface area contributed by atoms with Gasteiger partial charge in [0.15, 0.2) is 23.1 Å². The molecule has 4 N–H and O–H groups in total. The highest BCUT2D eigenvalue weighted by Crippen LogP contribution is 2.42. The summed E-state index contributed by atoms with van der Waals surface area (Å²) in [5.41, 5.74) is -0.0703. The fourth-order valence-corrected chi connectivity index (χ4v) is 11.7. The van der Waals surface area contributed by atoms with Crippen molar-refractivity contribution in [1.29, 1.82) is 0 Å². The highest BCUT2D eigenvalue weighted by Gasteiger charge is 2.53. The number of aliphatic hydroxyl groups excluding tert-OH is 4. The van der Waals surface area contributed by atoms with Crippen LogP contribution in [0.1, 0.15) is 216 Å². The average Bonchev–Trinajstić information content (AvgIpc) is 3.85. The summed E-state index contributed by atoms with van der Waals surface area (Å²) < 4.78 is 42.2. The molecule has 0 radical (unpaired) electrons. The van der Waals surface area contributed by atoms with E-state index in [2.05, 4.69) is 53.7 Å². The maximum atomic E-state index is 13.9. The van der Waals surface area contributed by atoms with Gasteiger partial charge in [0.05, 0.1) is 59.5 Å². The number of fused-ring (bicyclic) bond motifs is 1. The fourth-order valence-electron chi connectivity index (χ4n) is 11.7. The van der Waals surface area contributed by atoms with Crippen LogP contribution in [0.3, 0.4) is 0 Å². The van der Waals surface area contributed by atoms with E-state index in [4.69, 9.17) is 33.2 Å². The second-order valence-electron chi connectivity index (χ2n) is 26.6. The van der Waals surface area contributed by atoms with E-state index in [1.807, 2.05) is 69.2 Å². The van der Waals surface area contributed by atoms with E-state index >= 15 is 0 Å². The molecule has 14 heteroatoms. The zero-order chi connectivity index (χ0) is 59.8. The molecular weight excluding hydrogens is 993 g/mol. The molecule has 0 aromatic heterocycles. The van der Waals surface area contributed by atoms with Crippen molar-refractivity contribution in [3.05, 3.63) is 23.3 Å². The third-order valence-corrected chi connectivity index (χ3v) is 17.7. The summed E-state index contributed by atoms with van der Waals surface area (Å²) in [6.45, 7) is 39.2. The monoisotopic (exact) mass is 1110 g/mol. The molecule has 16 atom stereocenters.